The summed E-state index contributed by atoms with van der Waals surface area (Å²) in [5.74, 6) is 0.718. The molecule has 0 heterocycles. The van der Waals surface area contributed by atoms with Crippen LogP contribution in [0.3, 0.4) is 0 Å². The quantitative estimate of drug-likeness (QED) is 0.565. The van der Waals surface area contributed by atoms with Crippen LogP contribution >= 0.6 is 0 Å². The molecule has 2 saturated carbocycles. The van der Waals surface area contributed by atoms with Crippen molar-refractivity contribution in [2.24, 2.45) is 11.8 Å². The van der Waals surface area contributed by atoms with Gasteiger partial charge in [-0.25, -0.2) is 0 Å². The number of anilines is 2. The Morgan fingerprint density at radius 2 is 1.23 bits per heavy atom. The zero-order valence-corrected chi connectivity index (χ0v) is 17.5. The Balaban J connectivity index is 1.21. The summed E-state index contributed by atoms with van der Waals surface area (Å²) in [6, 6.07) is 26.1. The second-order valence-electron chi connectivity index (χ2n) is 8.73. The number of carbonyl (C=O) groups is 2. The third-order valence-electron chi connectivity index (χ3n) is 6.47. The van der Waals surface area contributed by atoms with Gasteiger partial charge in [-0.3, -0.25) is 9.59 Å². The molecule has 0 bridgehead atoms. The topological polar surface area (TPSA) is 58.2 Å². The largest absolute Gasteiger partial charge is 0.326 e. The molecule has 0 aliphatic heterocycles. The van der Waals surface area contributed by atoms with E-state index >= 15 is 0 Å². The van der Waals surface area contributed by atoms with Crippen LogP contribution in [0.2, 0.25) is 0 Å². The van der Waals surface area contributed by atoms with Crippen molar-refractivity contribution < 1.29 is 9.59 Å². The normalized spacial score (nSPS) is 23.6. The van der Waals surface area contributed by atoms with E-state index in [0.717, 1.165) is 29.8 Å². The molecule has 3 aromatic carbocycles. The molecule has 2 amide bonds. The first-order chi connectivity index (χ1) is 15.1. The van der Waals surface area contributed by atoms with Crippen LogP contribution in [-0.4, -0.2) is 11.8 Å². The van der Waals surface area contributed by atoms with Crippen LogP contribution in [-0.2, 0) is 9.59 Å². The molecule has 2 N–H and O–H groups in total. The summed E-state index contributed by atoms with van der Waals surface area (Å²) < 4.78 is 0. The molecule has 3 aromatic rings. The molecular formula is C27H26N2O2. The number of nitrogens with one attached hydrogen (secondary N) is 2. The molecular weight excluding hydrogens is 384 g/mol. The van der Waals surface area contributed by atoms with Crippen LogP contribution in [0.15, 0.2) is 78.9 Å². The van der Waals surface area contributed by atoms with Gasteiger partial charge >= 0.3 is 0 Å². The highest BCUT2D eigenvalue weighted by molar-refractivity contribution is 5.98. The molecule has 2 aliphatic carbocycles. The van der Waals surface area contributed by atoms with Gasteiger partial charge in [0.05, 0.1) is 0 Å². The first-order valence-electron chi connectivity index (χ1n) is 10.9. The molecule has 2 fully saturated rings. The van der Waals surface area contributed by atoms with Gasteiger partial charge in [-0.15, -0.1) is 0 Å². The van der Waals surface area contributed by atoms with E-state index in [1.807, 2.05) is 61.5 Å². The number of benzene rings is 3. The number of amides is 2. The zero-order chi connectivity index (χ0) is 21.4. The van der Waals surface area contributed by atoms with E-state index in [-0.39, 0.29) is 23.7 Å². The third-order valence-corrected chi connectivity index (χ3v) is 6.47. The lowest BCUT2D eigenvalue weighted by molar-refractivity contribution is -0.118. The third kappa shape index (κ3) is 4.24. The first-order valence-corrected chi connectivity index (χ1v) is 10.9. The minimum atomic E-state index is 0.0122. The lowest BCUT2D eigenvalue weighted by Crippen LogP contribution is -2.17. The van der Waals surface area contributed by atoms with Crippen molar-refractivity contribution in [3.05, 3.63) is 95.6 Å². The highest BCUT2D eigenvalue weighted by Crippen LogP contribution is 2.49. The summed E-state index contributed by atoms with van der Waals surface area (Å²) >= 11 is 0. The van der Waals surface area contributed by atoms with Gasteiger partial charge in [0.15, 0.2) is 0 Å². The summed E-state index contributed by atoms with van der Waals surface area (Å²) in [4.78, 5) is 25.5. The smallest absolute Gasteiger partial charge is 0.228 e. The van der Waals surface area contributed by atoms with Crippen molar-refractivity contribution >= 4 is 23.2 Å². The summed E-state index contributed by atoms with van der Waals surface area (Å²) in [5.41, 5.74) is 4.91. The molecule has 4 heteroatoms. The van der Waals surface area contributed by atoms with Crippen LogP contribution in [0.25, 0.3) is 0 Å². The van der Waals surface area contributed by atoms with Gasteiger partial charge in [0.2, 0.25) is 11.8 Å². The molecule has 0 saturated heterocycles. The number of hydrogen-bond donors (Lipinski definition) is 2. The van der Waals surface area contributed by atoms with Gasteiger partial charge in [0.25, 0.3) is 0 Å². The van der Waals surface area contributed by atoms with E-state index in [1.54, 1.807) is 0 Å². The Morgan fingerprint density at radius 1 is 0.710 bits per heavy atom. The maximum absolute atomic E-state index is 12.8. The van der Waals surface area contributed by atoms with E-state index in [2.05, 4.69) is 34.9 Å². The van der Waals surface area contributed by atoms with Gasteiger partial charge in [-0.1, -0.05) is 66.7 Å². The van der Waals surface area contributed by atoms with Crippen molar-refractivity contribution in [2.45, 2.75) is 31.6 Å². The van der Waals surface area contributed by atoms with Crippen molar-refractivity contribution in [3.63, 3.8) is 0 Å². The van der Waals surface area contributed by atoms with E-state index in [4.69, 9.17) is 0 Å². The zero-order valence-electron chi connectivity index (χ0n) is 17.5. The Morgan fingerprint density at radius 3 is 1.77 bits per heavy atom. The summed E-state index contributed by atoms with van der Waals surface area (Å²) in [6.45, 7) is 1.97. The first kappa shape index (κ1) is 19.6. The van der Waals surface area contributed by atoms with E-state index in [9.17, 15) is 9.59 Å². The Bertz CT molecular complexity index is 1110. The highest BCUT2D eigenvalue weighted by Gasteiger charge is 2.44. The highest BCUT2D eigenvalue weighted by atomic mass is 16.2. The summed E-state index contributed by atoms with van der Waals surface area (Å²) in [6.07, 6.45) is 1.77. The van der Waals surface area contributed by atoms with E-state index in [1.165, 1.54) is 11.1 Å². The number of aryl methyl sites for hydroxylation is 1. The fourth-order valence-corrected chi connectivity index (χ4v) is 4.40. The Labute approximate surface area is 182 Å². The van der Waals surface area contributed by atoms with Crippen LogP contribution < -0.4 is 10.6 Å². The minimum Gasteiger partial charge on any atom is -0.326 e. The SMILES string of the molecule is Cc1ccc(NC(=O)[C@@H]2C[C@@H]2c2ccccc2)cc1NC(=O)[C@H]1C[C@@H]1c1ccccc1. The molecule has 5 rings (SSSR count). The van der Waals surface area contributed by atoms with E-state index in [0.29, 0.717) is 11.8 Å². The van der Waals surface area contributed by atoms with Crippen molar-refractivity contribution in [3.8, 4) is 0 Å². The summed E-state index contributed by atoms with van der Waals surface area (Å²) in [5, 5.41) is 6.11. The molecule has 4 nitrogen and oxygen atoms in total. The van der Waals surface area contributed by atoms with Crippen molar-refractivity contribution in [2.75, 3.05) is 10.6 Å². The van der Waals surface area contributed by atoms with Gasteiger partial charge < -0.3 is 10.6 Å². The van der Waals surface area contributed by atoms with Crippen LogP contribution in [0.4, 0.5) is 11.4 Å². The van der Waals surface area contributed by atoms with Gasteiger partial charge in [0.1, 0.15) is 0 Å². The number of carbonyl (C=O) groups excluding carboxylic acids is 2. The molecule has 0 radical (unpaired) electrons. The number of hydrogen-bond acceptors (Lipinski definition) is 2. The maximum atomic E-state index is 12.8. The molecule has 0 unspecified atom stereocenters. The molecule has 2 aliphatic rings. The summed E-state index contributed by atoms with van der Waals surface area (Å²) in [7, 11) is 0. The maximum Gasteiger partial charge on any atom is 0.228 e. The van der Waals surface area contributed by atoms with Crippen LogP contribution in [0, 0.1) is 18.8 Å². The minimum absolute atomic E-state index is 0.0122. The predicted molar refractivity (Wildman–Crippen MR) is 123 cm³/mol. The average molecular weight is 411 g/mol. The standard InChI is InChI=1S/C27H26N2O2/c1-17-12-13-20(28-26(30)23-15-21(23)18-8-4-2-5-9-18)14-25(17)29-27(31)24-16-22(24)19-10-6-3-7-11-19/h2-14,21-24H,15-16H2,1H3,(H,28,30)(H,29,31)/t21-,22-,23-,24+/m1/s1. The molecule has 4 atom stereocenters. The van der Waals surface area contributed by atoms with Crippen LogP contribution in [0.5, 0.6) is 0 Å². The Kier molecular flexibility index (Phi) is 5.06. The second kappa shape index (κ2) is 8.03. The average Bonchev–Trinajstić information content (AvgIpc) is 3.70. The van der Waals surface area contributed by atoms with Crippen molar-refractivity contribution in [1.82, 2.24) is 0 Å². The molecule has 0 spiro atoms. The number of rotatable bonds is 6. The lowest BCUT2D eigenvalue weighted by Gasteiger charge is -2.12. The molecule has 0 aromatic heterocycles. The molecule has 156 valence electrons. The Hall–Kier alpha value is -3.40. The van der Waals surface area contributed by atoms with Crippen LogP contribution in [0.1, 0.15) is 41.4 Å². The molecule has 31 heavy (non-hydrogen) atoms. The fourth-order valence-electron chi connectivity index (χ4n) is 4.40. The second-order valence-corrected chi connectivity index (χ2v) is 8.73. The van der Waals surface area contributed by atoms with Gasteiger partial charge in [-0.05, 0) is 60.4 Å². The van der Waals surface area contributed by atoms with E-state index < -0.39 is 0 Å². The van der Waals surface area contributed by atoms with Gasteiger partial charge in [-0.2, -0.15) is 0 Å². The van der Waals surface area contributed by atoms with Gasteiger partial charge in [0, 0.05) is 23.2 Å². The lowest BCUT2D eigenvalue weighted by atomic mass is 10.1. The van der Waals surface area contributed by atoms with Crippen molar-refractivity contribution in [1.29, 1.82) is 0 Å². The fraction of sp³-hybridized carbons (Fsp3) is 0.259. The predicted octanol–water partition coefficient (Wildman–Crippen LogP) is 5.48. The monoisotopic (exact) mass is 410 g/mol.